The maximum absolute atomic E-state index is 12.2. The summed E-state index contributed by atoms with van der Waals surface area (Å²) in [5.41, 5.74) is 0.677. The smallest absolute Gasteiger partial charge is 0.335 e. The second-order valence-electron chi connectivity index (χ2n) is 5.14. The Kier molecular flexibility index (Phi) is 5.16. The van der Waals surface area contributed by atoms with Crippen LogP contribution in [0.15, 0.2) is 24.3 Å². The van der Waals surface area contributed by atoms with Gasteiger partial charge in [0.2, 0.25) is 0 Å². The fraction of sp³-hybridized carbons (Fsp3) is 0.467. The molecule has 0 atom stereocenters. The van der Waals surface area contributed by atoms with Crippen LogP contribution in [0.5, 0.6) is 0 Å². The third-order valence-corrected chi connectivity index (χ3v) is 3.56. The van der Waals surface area contributed by atoms with Crippen molar-refractivity contribution in [3.05, 3.63) is 29.8 Å². The van der Waals surface area contributed by atoms with E-state index in [1.807, 2.05) is 0 Å². The zero-order chi connectivity index (χ0) is 15.2. The van der Waals surface area contributed by atoms with Crippen molar-refractivity contribution >= 4 is 17.7 Å². The van der Waals surface area contributed by atoms with Gasteiger partial charge in [-0.25, -0.2) is 9.59 Å². The molecule has 0 radical (unpaired) electrons. The first-order valence-electron chi connectivity index (χ1n) is 7.22. The highest BCUT2D eigenvalue weighted by atomic mass is 16.4. The quantitative estimate of drug-likeness (QED) is 0.889. The lowest BCUT2D eigenvalue weighted by Crippen LogP contribution is -2.50. The van der Waals surface area contributed by atoms with Gasteiger partial charge in [0, 0.05) is 31.9 Å². The number of carbonyl (C=O) groups excluding carboxylic acids is 1. The number of benzene rings is 1. The molecule has 0 bridgehead atoms. The second kappa shape index (κ2) is 7.08. The first kappa shape index (κ1) is 15.3. The van der Waals surface area contributed by atoms with Crippen LogP contribution in [0.3, 0.4) is 0 Å². The van der Waals surface area contributed by atoms with E-state index in [1.165, 1.54) is 12.1 Å². The number of carbonyl (C=O) groups is 2. The number of carboxylic acid groups (broad SMARTS) is 1. The molecule has 0 saturated carbocycles. The third-order valence-electron chi connectivity index (χ3n) is 3.56. The van der Waals surface area contributed by atoms with Crippen molar-refractivity contribution in [2.75, 3.05) is 38.0 Å². The van der Waals surface area contributed by atoms with Gasteiger partial charge >= 0.3 is 12.0 Å². The lowest BCUT2D eigenvalue weighted by Gasteiger charge is -2.34. The Morgan fingerprint density at radius 3 is 2.57 bits per heavy atom. The van der Waals surface area contributed by atoms with Gasteiger partial charge in [0.15, 0.2) is 0 Å². The molecule has 1 heterocycles. The molecule has 1 aromatic rings. The number of urea groups is 1. The number of carboxylic acids is 1. The van der Waals surface area contributed by atoms with Gasteiger partial charge < -0.3 is 15.3 Å². The Morgan fingerprint density at radius 1 is 1.24 bits per heavy atom. The zero-order valence-electron chi connectivity index (χ0n) is 12.2. The predicted octanol–water partition coefficient (Wildman–Crippen LogP) is 1.94. The number of rotatable bonds is 4. The average molecular weight is 291 g/mol. The standard InChI is InChI=1S/C15H21N3O3/c1-2-6-17-7-9-18(10-8-17)15(21)16-13-5-3-4-12(11-13)14(19)20/h3-5,11H,2,6-10H2,1H3,(H,16,21)(H,19,20). The summed E-state index contributed by atoms with van der Waals surface area (Å²) in [5.74, 6) is -1.00. The predicted molar refractivity (Wildman–Crippen MR) is 80.7 cm³/mol. The van der Waals surface area contributed by atoms with Crippen LogP contribution in [0.2, 0.25) is 0 Å². The number of amides is 2. The Morgan fingerprint density at radius 2 is 1.95 bits per heavy atom. The van der Waals surface area contributed by atoms with Crippen LogP contribution in [0, 0.1) is 0 Å². The molecule has 0 aromatic heterocycles. The molecular weight excluding hydrogens is 270 g/mol. The molecule has 114 valence electrons. The van der Waals surface area contributed by atoms with E-state index in [-0.39, 0.29) is 11.6 Å². The van der Waals surface area contributed by atoms with Gasteiger partial charge in [-0.3, -0.25) is 4.90 Å². The molecule has 2 amide bonds. The van der Waals surface area contributed by atoms with Crippen molar-refractivity contribution < 1.29 is 14.7 Å². The largest absolute Gasteiger partial charge is 0.478 e. The van der Waals surface area contributed by atoms with Crippen LogP contribution in [0.25, 0.3) is 0 Å². The van der Waals surface area contributed by atoms with E-state index >= 15 is 0 Å². The number of nitrogens with one attached hydrogen (secondary N) is 1. The minimum atomic E-state index is -1.00. The van der Waals surface area contributed by atoms with E-state index in [9.17, 15) is 9.59 Å². The van der Waals surface area contributed by atoms with Crippen LogP contribution in [-0.2, 0) is 0 Å². The molecule has 0 aliphatic carbocycles. The molecule has 2 N–H and O–H groups in total. The second-order valence-corrected chi connectivity index (χ2v) is 5.14. The Labute approximate surface area is 124 Å². The minimum Gasteiger partial charge on any atom is -0.478 e. The van der Waals surface area contributed by atoms with Gasteiger partial charge in [0.1, 0.15) is 0 Å². The first-order chi connectivity index (χ1) is 10.1. The van der Waals surface area contributed by atoms with E-state index < -0.39 is 5.97 Å². The lowest BCUT2D eigenvalue weighted by atomic mass is 10.2. The molecule has 1 aliphatic heterocycles. The molecule has 1 aliphatic rings. The lowest BCUT2D eigenvalue weighted by molar-refractivity contribution is 0.0697. The molecule has 1 saturated heterocycles. The molecule has 21 heavy (non-hydrogen) atoms. The van der Waals surface area contributed by atoms with Gasteiger partial charge in [0.25, 0.3) is 0 Å². The molecule has 1 aromatic carbocycles. The normalized spacial score (nSPS) is 15.8. The number of anilines is 1. The molecule has 6 heteroatoms. The van der Waals surface area contributed by atoms with Crippen molar-refractivity contribution in [2.45, 2.75) is 13.3 Å². The highest BCUT2D eigenvalue weighted by molar-refractivity contribution is 5.93. The van der Waals surface area contributed by atoms with Crippen molar-refractivity contribution in [3.8, 4) is 0 Å². The van der Waals surface area contributed by atoms with Crippen LogP contribution in [-0.4, -0.2) is 59.6 Å². The molecule has 6 nitrogen and oxygen atoms in total. The van der Waals surface area contributed by atoms with Crippen LogP contribution in [0.1, 0.15) is 23.7 Å². The average Bonchev–Trinajstić information content (AvgIpc) is 2.48. The van der Waals surface area contributed by atoms with Gasteiger partial charge in [-0.1, -0.05) is 13.0 Å². The third kappa shape index (κ3) is 4.19. The number of piperazine rings is 1. The fourth-order valence-corrected chi connectivity index (χ4v) is 2.42. The maximum atomic E-state index is 12.2. The summed E-state index contributed by atoms with van der Waals surface area (Å²) >= 11 is 0. The van der Waals surface area contributed by atoms with Crippen LogP contribution in [0.4, 0.5) is 10.5 Å². The monoisotopic (exact) mass is 291 g/mol. The summed E-state index contributed by atoms with van der Waals surface area (Å²) in [6.07, 6.45) is 1.12. The van der Waals surface area contributed by atoms with Gasteiger partial charge in [-0.15, -0.1) is 0 Å². The number of hydrogen-bond acceptors (Lipinski definition) is 3. The van der Waals surface area contributed by atoms with Gasteiger partial charge in [0.05, 0.1) is 5.56 Å². The number of aromatic carboxylic acids is 1. The Bertz CT molecular complexity index is 511. The van der Waals surface area contributed by atoms with Gasteiger partial charge in [-0.2, -0.15) is 0 Å². The minimum absolute atomic E-state index is 0.167. The van der Waals surface area contributed by atoms with Crippen LogP contribution < -0.4 is 5.32 Å². The molecule has 2 rings (SSSR count). The highest BCUT2D eigenvalue weighted by Crippen LogP contribution is 2.12. The van der Waals surface area contributed by atoms with Gasteiger partial charge in [-0.05, 0) is 31.2 Å². The summed E-state index contributed by atoms with van der Waals surface area (Å²) in [6.45, 7) is 6.38. The van der Waals surface area contributed by atoms with E-state index in [0.717, 1.165) is 26.1 Å². The first-order valence-corrected chi connectivity index (χ1v) is 7.22. The zero-order valence-corrected chi connectivity index (χ0v) is 12.2. The maximum Gasteiger partial charge on any atom is 0.335 e. The fourth-order valence-electron chi connectivity index (χ4n) is 2.42. The SMILES string of the molecule is CCCN1CCN(C(=O)Nc2cccc(C(=O)O)c2)CC1. The molecule has 0 spiro atoms. The van der Waals surface area contributed by atoms with E-state index in [4.69, 9.17) is 5.11 Å². The van der Waals surface area contributed by atoms with Crippen molar-refractivity contribution in [2.24, 2.45) is 0 Å². The van der Waals surface area contributed by atoms with E-state index in [1.54, 1.807) is 17.0 Å². The summed E-state index contributed by atoms with van der Waals surface area (Å²) in [6, 6.07) is 6.11. The molecule has 0 unspecified atom stereocenters. The van der Waals surface area contributed by atoms with E-state index in [0.29, 0.717) is 18.8 Å². The van der Waals surface area contributed by atoms with Crippen molar-refractivity contribution in [3.63, 3.8) is 0 Å². The summed E-state index contributed by atoms with van der Waals surface area (Å²) in [4.78, 5) is 27.2. The number of nitrogens with zero attached hydrogens (tertiary/aromatic N) is 2. The topological polar surface area (TPSA) is 72.9 Å². The molecule has 1 fully saturated rings. The van der Waals surface area contributed by atoms with Crippen molar-refractivity contribution in [1.82, 2.24) is 9.80 Å². The Hall–Kier alpha value is -2.08. The number of hydrogen-bond donors (Lipinski definition) is 2. The summed E-state index contributed by atoms with van der Waals surface area (Å²) in [5, 5.41) is 11.7. The van der Waals surface area contributed by atoms with Crippen LogP contribution >= 0.6 is 0 Å². The van der Waals surface area contributed by atoms with Crippen molar-refractivity contribution in [1.29, 1.82) is 0 Å². The summed E-state index contributed by atoms with van der Waals surface area (Å²) in [7, 11) is 0. The highest BCUT2D eigenvalue weighted by Gasteiger charge is 2.20. The summed E-state index contributed by atoms with van der Waals surface area (Å²) < 4.78 is 0. The Balaban J connectivity index is 1.90. The molecular formula is C15H21N3O3. The van der Waals surface area contributed by atoms with E-state index in [2.05, 4.69) is 17.1 Å².